The fourth-order valence-corrected chi connectivity index (χ4v) is 6.67. The molecule has 0 radical (unpaired) electrons. The van der Waals surface area contributed by atoms with Crippen LogP contribution in [0.2, 0.25) is 5.02 Å². The number of phenolic OH excluding ortho intramolecular Hbond substituents is 1. The molecule has 0 amide bonds. The highest BCUT2D eigenvalue weighted by atomic mass is 35.5. The summed E-state index contributed by atoms with van der Waals surface area (Å²) in [6.45, 7) is 1.71. The molecule has 3 aromatic rings. The Hall–Kier alpha value is -4.71. The Bertz CT molecular complexity index is 1930. The number of allylic oxidation sites excluding steroid dienone is 1. The number of carbonyl (C=O) groups excluding carboxylic acids is 2. The molecular formula is C30H28ClN3O9. The van der Waals surface area contributed by atoms with Crippen LogP contribution in [0.25, 0.3) is 0 Å². The molecule has 2 aromatic carbocycles. The van der Waals surface area contributed by atoms with Crippen LogP contribution in [0.15, 0.2) is 45.1 Å². The number of aromatic nitrogens is 2. The molecule has 1 spiro atoms. The SMILES string of the molecule is COc1ccc([C@H]2C3=C(C[C@@H](C)[C@]4(Oc5c(Cl)c(OC)cc(OC)c5C4=O)C3=O)Nc3c2c(=O)n(C)c(=O)n3C)cc1O. The number of nitrogens with zero attached hydrogens (tertiary/aromatic N) is 2. The summed E-state index contributed by atoms with van der Waals surface area (Å²) in [4.78, 5) is 55.8. The van der Waals surface area contributed by atoms with Crippen molar-refractivity contribution in [2.45, 2.75) is 24.9 Å². The lowest BCUT2D eigenvalue weighted by Gasteiger charge is -2.42. The fraction of sp³-hybridized carbons (Fsp3) is 0.333. The zero-order chi connectivity index (χ0) is 31.1. The van der Waals surface area contributed by atoms with Gasteiger partial charge in [-0.3, -0.25) is 23.5 Å². The summed E-state index contributed by atoms with van der Waals surface area (Å²) in [6.07, 6.45) is 0.138. The number of fused-ring (bicyclic) bond motifs is 2. The van der Waals surface area contributed by atoms with Crippen LogP contribution in [-0.4, -0.2) is 52.7 Å². The highest BCUT2D eigenvalue weighted by Crippen LogP contribution is 2.56. The van der Waals surface area contributed by atoms with Crippen LogP contribution < -0.4 is 35.5 Å². The molecule has 2 aliphatic heterocycles. The largest absolute Gasteiger partial charge is 0.504 e. The minimum atomic E-state index is -2.04. The topological polar surface area (TPSA) is 147 Å². The van der Waals surface area contributed by atoms with Gasteiger partial charge in [0.15, 0.2) is 17.2 Å². The molecule has 0 fully saturated rings. The molecule has 0 unspecified atom stereocenters. The standard InChI is InChI=1S/C30H28ClN3O9/c1-12-9-14-20(25(36)30(12)26(37)21-17(41-5)11-18(42-6)23(31)24(21)43-30)19(13-7-8-16(40-4)15(35)10-13)22-27(32-14)33(2)29(39)34(3)28(22)38/h7-8,10-12,19,32,35H,9H2,1-6H3/t12-,19+,30+/m1/s1. The molecule has 0 bridgehead atoms. The van der Waals surface area contributed by atoms with Crippen LogP contribution in [0, 0.1) is 5.92 Å². The van der Waals surface area contributed by atoms with E-state index in [9.17, 15) is 24.3 Å². The summed E-state index contributed by atoms with van der Waals surface area (Å²) < 4.78 is 24.6. The van der Waals surface area contributed by atoms with Gasteiger partial charge in [0.05, 0.1) is 26.9 Å². The maximum absolute atomic E-state index is 14.9. The Morgan fingerprint density at radius 1 is 0.977 bits per heavy atom. The number of anilines is 1. The van der Waals surface area contributed by atoms with E-state index < -0.39 is 40.3 Å². The fourth-order valence-electron chi connectivity index (χ4n) is 6.41. The number of hydrogen-bond acceptors (Lipinski definition) is 10. The maximum Gasteiger partial charge on any atom is 0.332 e. The van der Waals surface area contributed by atoms with Crippen LogP contribution in [0.5, 0.6) is 28.7 Å². The van der Waals surface area contributed by atoms with Gasteiger partial charge >= 0.3 is 5.69 Å². The predicted octanol–water partition coefficient (Wildman–Crippen LogP) is 2.90. The summed E-state index contributed by atoms with van der Waals surface area (Å²) >= 11 is 6.58. The van der Waals surface area contributed by atoms with E-state index >= 15 is 0 Å². The molecule has 2 N–H and O–H groups in total. The Balaban J connectivity index is 1.62. The van der Waals surface area contributed by atoms with E-state index in [1.165, 1.54) is 58.2 Å². The van der Waals surface area contributed by atoms with E-state index in [1.54, 1.807) is 13.0 Å². The van der Waals surface area contributed by atoms with E-state index in [0.717, 1.165) is 4.57 Å². The minimum Gasteiger partial charge on any atom is -0.504 e. The van der Waals surface area contributed by atoms with Crippen molar-refractivity contribution in [1.82, 2.24) is 9.13 Å². The zero-order valence-electron chi connectivity index (χ0n) is 24.2. The third-order valence-electron chi connectivity index (χ3n) is 8.61. The second kappa shape index (κ2) is 9.66. The lowest BCUT2D eigenvalue weighted by atomic mass is 9.66. The van der Waals surface area contributed by atoms with Crippen molar-refractivity contribution in [3.8, 4) is 28.7 Å². The average molecular weight is 610 g/mol. The van der Waals surface area contributed by atoms with Gasteiger partial charge in [-0.2, -0.15) is 0 Å². The second-order valence-corrected chi connectivity index (χ2v) is 11.1. The molecule has 1 aliphatic carbocycles. The third kappa shape index (κ3) is 3.62. The molecule has 43 heavy (non-hydrogen) atoms. The maximum atomic E-state index is 14.9. The molecule has 0 saturated heterocycles. The molecule has 1 aromatic heterocycles. The number of methoxy groups -OCH3 is 3. The van der Waals surface area contributed by atoms with Gasteiger partial charge in [0.1, 0.15) is 27.9 Å². The van der Waals surface area contributed by atoms with Crippen molar-refractivity contribution >= 4 is 29.0 Å². The average Bonchev–Trinajstić information content (AvgIpc) is 3.31. The van der Waals surface area contributed by atoms with E-state index in [1.807, 2.05) is 0 Å². The molecule has 0 saturated carbocycles. The number of halogens is 1. The molecule has 3 aliphatic rings. The Kier molecular flexibility index (Phi) is 6.38. The van der Waals surface area contributed by atoms with E-state index in [2.05, 4.69) is 5.32 Å². The number of Topliss-reactive ketones (excluding diaryl/α,β-unsaturated/α-hetero) is 2. The van der Waals surface area contributed by atoms with Gasteiger partial charge in [-0.25, -0.2) is 4.79 Å². The lowest BCUT2D eigenvalue weighted by molar-refractivity contribution is -0.130. The number of rotatable bonds is 4. The minimum absolute atomic E-state index is 0.0101. The first-order chi connectivity index (χ1) is 20.4. The number of carbonyl (C=O) groups is 2. The van der Waals surface area contributed by atoms with Gasteiger partial charge in [0.25, 0.3) is 5.56 Å². The van der Waals surface area contributed by atoms with Crippen LogP contribution in [0.3, 0.4) is 0 Å². The first-order valence-corrected chi connectivity index (χ1v) is 13.7. The summed E-state index contributed by atoms with van der Waals surface area (Å²) in [6, 6.07) is 5.97. The first kappa shape index (κ1) is 28.4. The molecule has 3 heterocycles. The van der Waals surface area contributed by atoms with E-state index in [0.29, 0.717) is 11.3 Å². The van der Waals surface area contributed by atoms with Gasteiger partial charge in [-0.05, 0) is 24.1 Å². The van der Waals surface area contributed by atoms with Gasteiger partial charge in [-0.15, -0.1) is 0 Å². The smallest absolute Gasteiger partial charge is 0.332 e. The number of aromatic hydroxyl groups is 1. The van der Waals surface area contributed by atoms with E-state index in [-0.39, 0.29) is 62.7 Å². The highest BCUT2D eigenvalue weighted by Gasteiger charge is 2.63. The van der Waals surface area contributed by atoms with Crippen LogP contribution >= 0.6 is 11.6 Å². The van der Waals surface area contributed by atoms with Gasteiger partial charge < -0.3 is 29.4 Å². The number of hydrogen-bond donors (Lipinski definition) is 2. The van der Waals surface area contributed by atoms with Crippen molar-refractivity contribution in [1.29, 1.82) is 0 Å². The highest BCUT2D eigenvalue weighted by molar-refractivity contribution is 6.36. The predicted molar refractivity (Wildman–Crippen MR) is 155 cm³/mol. The molecule has 6 rings (SSSR count). The third-order valence-corrected chi connectivity index (χ3v) is 8.97. The number of phenols is 1. The molecule has 224 valence electrons. The zero-order valence-corrected chi connectivity index (χ0v) is 24.9. The number of ether oxygens (including phenoxy) is 4. The molecule has 12 nitrogen and oxygen atoms in total. The Morgan fingerprint density at radius 2 is 1.65 bits per heavy atom. The molecule has 3 atom stereocenters. The van der Waals surface area contributed by atoms with Crippen LogP contribution in [0.4, 0.5) is 5.82 Å². The monoisotopic (exact) mass is 609 g/mol. The summed E-state index contributed by atoms with van der Waals surface area (Å²) in [5.74, 6) is -2.66. The van der Waals surface area contributed by atoms with Gasteiger partial charge in [-0.1, -0.05) is 24.6 Å². The summed E-state index contributed by atoms with van der Waals surface area (Å²) in [5.41, 5.74) is -2.27. The van der Waals surface area contributed by atoms with Crippen molar-refractivity contribution in [2.24, 2.45) is 20.0 Å². The lowest BCUT2D eigenvalue weighted by Crippen LogP contribution is -2.58. The Labute approximate surface area is 250 Å². The Morgan fingerprint density at radius 3 is 2.28 bits per heavy atom. The molecular weight excluding hydrogens is 582 g/mol. The van der Waals surface area contributed by atoms with E-state index in [4.69, 9.17) is 30.5 Å². The number of nitrogens with one attached hydrogen (secondary N) is 1. The van der Waals surface area contributed by atoms with Crippen molar-refractivity contribution < 1.29 is 33.6 Å². The normalized spacial score (nSPS) is 22.0. The first-order valence-electron chi connectivity index (χ1n) is 13.3. The number of benzene rings is 2. The summed E-state index contributed by atoms with van der Waals surface area (Å²) in [7, 11) is 7.03. The van der Waals surface area contributed by atoms with Gasteiger partial charge in [0, 0.05) is 43.3 Å². The quantitative estimate of drug-likeness (QED) is 0.423. The number of ketones is 2. The van der Waals surface area contributed by atoms with Crippen molar-refractivity contribution in [3.05, 3.63) is 78.1 Å². The van der Waals surface area contributed by atoms with Crippen LogP contribution in [-0.2, 0) is 18.9 Å². The van der Waals surface area contributed by atoms with Crippen molar-refractivity contribution in [3.63, 3.8) is 0 Å². The molecule has 13 heteroatoms. The van der Waals surface area contributed by atoms with Crippen molar-refractivity contribution in [2.75, 3.05) is 26.6 Å². The van der Waals surface area contributed by atoms with Gasteiger partial charge in [0.2, 0.25) is 17.2 Å². The second-order valence-electron chi connectivity index (χ2n) is 10.7. The van der Waals surface area contributed by atoms with Crippen LogP contribution in [0.1, 0.15) is 40.7 Å². The summed E-state index contributed by atoms with van der Waals surface area (Å²) in [5, 5.41) is 13.9.